The van der Waals surface area contributed by atoms with Gasteiger partial charge in [0.1, 0.15) is 5.75 Å². The highest BCUT2D eigenvalue weighted by molar-refractivity contribution is 6.42. The number of aliphatic carboxylic acids is 1. The SMILES string of the molecule is CC(C)(C(=O)O)n1cc(NC(=O)COc2ccc(Cl)c(Cl)c2)cn1. The Labute approximate surface area is 148 Å². The first-order chi connectivity index (χ1) is 11.2. The summed E-state index contributed by atoms with van der Waals surface area (Å²) in [6.45, 7) is 2.76. The van der Waals surface area contributed by atoms with E-state index < -0.39 is 17.4 Å². The number of ether oxygens (including phenoxy) is 1. The number of anilines is 1. The Balaban J connectivity index is 1.94. The van der Waals surface area contributed by atoms with Crippen LogP contribution in [0.25, 0.3) is 0 Å². The quantitative estimate of drug-likeness (QED) is 0.813. The molecule has 0 bridgehead atoms. The minimum absolute atomic E-state index is 0.245. The van der Waals surface area contributed by atoms with Crippen LogP contribution in [0.3, 0.4) is 0 Å². The van der Waals surface area contributed by atoms with Crippen molar-refractivity contribution in [2.24, 2.45) is 0 Å². The van der Waals surface area contributed by atoms with Gasteiger partial charge in [-0.1, -0.05) is 23.2 Å². The van der Waals surface area contributed by atoms with Crippen LogP contribution in [0.1, 0.15) is 13.8 Å². The van der Waals surface area contributed by atoms with E-state index in [1.54, 1.807) is 12.1 Å². The lowest BCUT2D eigenvalue weighted by Gasteiger charge is -2.19. The Morgan fingerprint density at radius 2 is 2.04 bits per heavy atom. The molecule has 7 nitrogen and oxygen atoms in total. The van der Waals surface area contributed by atoms with Crippen molar-refractivity contribution in [3.8, 4) is 5.75 Å². The molecular formula is C15H15Cl2N3O4. The number of nitrogens with one attached hydrogen (secondary N) is 1. The molecular weight excluding hydrogens is 357 g/mol. The van der Waals surface area contributed by atoms with Crippen molar-refractivity contribution in [1.82, 2.24) is 9.78 Å². The fourth-order valence-electron chi connectivity index (χ4n) is 1.70. The number of carboxylic acid groups (broad SMARTS) is 1. The molecule has 1 aromatic carbocycles. The van der Waals surface area contributed by atoms with Crippen LogP contribution in [0.5, 0.6) is 5.75 Å². The molecule has 0 saturated carbocycles. The van der Waals surface area contributed by atoms with Gasteiger partial charge in [0, 0.05) is 12.3 Å². The van der Waals surface area contributed by atoms with Crippen LogP contribution in [0.4, 0.5) is 5.69 Å². The number of rotatable bonds is 6. The maximum Gasteiger partial charge on any atom is 0.331 e. The van der Waals surface area contributed by atoms with Crippen LogP contribution in [-0.4, -0.2) is 33.4 Å². The molecule has 0 atom stereocenters. The van der Waals surface area contributed by atoms with Crippen LogP contribution in [-0.2, 0) is 15.1 Å². The Hall–Kier alpha value is -2.25. The Bertz CT molecular complexity index is 774. The first-order valence-corrected chi connectivity index (χ1v) is 7.62. The zero-order chi connectivity index (χ0) is 17.9. The van der Waals surface area contributed by atoms with Crippen molar-refractivity contribution in [1.29, 1.82) is 0 Å². The second-order valence-corrected chi connectivity index (χ2v) is 6.26. The van der Waals surface area contributed by atoms with Gasteiger partial charge in [0.25, 0.3) is 5.91 Å². The van der Waals surface area contributed by atoms with E-state index in [9.17, 15) is 9.59 Å². The third-order valence-corrected chi connectivity index (χ3v) is 3.96. The minimum atomic E-state index is -1.22. The van der Waals surface area contributed by atoms with Crippen molar-refractivity contribution in [2.75, 3.05) is 11.9 Å². The summed E-state index contributed by atoms with van der Waals surface area (Å²) in [5, 5.41) is 16.4. The number of benzene rings is 1. The van der Waals surface area contributed by atoms with Gasteiger partial charge < -0.3 is 15.2 Å². The molecule has 2 aromatic rings. The van der Waals surface area contributed by atoms with E-state index in [0.717, 1.165) is 0 Å². The number of carboxylic acids is 1. The third-order valence-electron chi connectivity index (χ3n) is 3.22. The molecule has 2 N–H and O–H groups in total. The van der Waals surface area contributed by atoms with Crippen LogP contribution >= 0.6 is 23.2 Å². The van der Waals surface area contributed by atoms with Crippen molar-refractivity contribution in [2.45, 2.75) is 19.4 Å². The van der Waals surface area contributed by atoms with Crippen LogP contribution < -0.4 is 10.1 Å². The predicted octanol–water partition coefficient (Wildman–Crippen LogP) is 3.03. The molecule has 0 radical (unpaired) electrons. The number of carbonyl (C=O) groups excluding carboxylic acids is 1. The van der Waals surface area contributed by atoms with Crippen molar-refractivity contribution < 1.29 is 19.4 Å². The van der Waals surface area contributed by atoms with Gasteiger partial charge in [0.05, 0.1) is 21.9 Å². The first-order valence-electron chi connectivity index (χ1n) is 6.86. The highest BCUT2D eigenvalue weighted by atomic mass is 35.5. The molecule has 9 heteroatoms. The fourth-order valence-corrected chi connectivity index (χ4v) is 1.99. The van der Waals surface area contributed by atoms with E-state index in [2.05, 4.69) is 10.4 Å². The molecule has 0 fully saturated rings. The monoisotopic (exact) mass is 371 g/mol. The summed E-state index contributed by atoms with van der Waals surface area (Å²) in [7, 11) is 0. The van der Waals surface area contributed by atoms with Crippen molar-refractivity contribution in [3.05, 3.63) is 40.6 Å². The van der Waals surface area contributed by atoms with Gasteiger partial charge in [-0.15, -0.1) is 0 Å². The van der Waals surface area contributed by atoms with E-state index in [1.165, 1.54) is 37.0 Å². The van der Waals surface area contributed by atoms with Crippen LogP contribution in [0.15, 0.2) is 30.6 Å². The molecule has 2 rings (SSSR count). The van der Waals surface area contributed by atoms with E-state index >= 15 is 0 Å². The molecule has 0 saturated heterocycles. The molecule has 128 valence electrons. The van der Waals surface area contributed by atoms with Gasteiger partial charge in [0.2, 0.25) is 0 Å². The number of hydrogen-bond donors (Lipinski definition) is 2. The maximum absolute atomic E-state index is 11.9. The Kier molecular flexibility index (Phi) is 5.36. The average molecular weight is 372 g/mol. The van der Waals surface area contributed by atoms with Gasteiger partial charge in [-0.3, -0.25) is 9.48 Å². The molecule has 24 heavy (non-hydrogen) atoms. The molecule has 0 unspecified atom stereocenters. The topological polar surface area (TPSA) is 93.5 Å². The summed E-state index contributed by atoms with van der Waals surface area (Å²) in [6, 6.07) is 4.66. The Morgan fingerprint density at radius 1 is 1.33 bits per heavy atom. The largest absolute Gasteiger partial charge is 0.484 e. The molecule has 0 aliphatic carbocycles. The first kappa shape index (κ1) is 18.1. The summed E-state index contributed by atoms with van der Waals surface area (Å²) in [5.74, 6) is -1.05. The number of amides is 1. The summed E-state index contributed by atoms with van der Waals surface area (Å²) in [5.41, 5.74) is -0.855. The zero-order valence-electron chi connectivity index (χ0n) is 12.9. The number of hydrogen-bond acceptors (Lipinski definition) is 4. The lowest BCUT2D eigenvalue weighted by atomic mass is 10.1. The van der Waals surface area contributed by atoms with E-state index in [0.29, 0.717) is 21.5 Å². The maximum atomic E-state index is 11.9. The highest BCUT2D eigenvalue weighted by Crippen LogP contribution is 2.26. The molecule has 1 heterocycles. The number of halogens is 2. The third kappa shape index (κ3) is 4.18. The van der Waals surface area contributed by atoms with Gasteiger partial charge in [-0.05, 0) is 26.0 Å². The molecule has 0 aliphatic rings. The zero-order valence-corrected chi connectivity index (χ0v) is 14.4. The lowest BCUT2D eigenvalue weighted by molar-refractivity contribution is -0.146. The molecule has 0 spiro atoms. The summed E-state index contributed by atoms with van der Waals surface area (Å²) in [6.07, 6.45) is 2.80. The minimum Gasteiger partial charge on any atom is -0.484 e. The predicted molar refractivity (Wildman–Crippen MR) is 89.8 cm³/mol. The molecule has 1 amide bonds. The summed E-state index contributed by atoms with van der Waals surface area (Å²) < 4.78 is 6.57. The van der Waals surface area contributed by atoms with Gasteiger partial charge >= 0.3 is 5.97 Å². The highest BCUT2D eigenvalue weighted by Gasteiger charge is 2.30. The lowest BCUT2D eigenvalue weighted by Crippen LogP contribution is -2.35. The van der Waals surface area contributed by atoms with E-state index in [1.807, 2.05) is 0 Å². The second kappa shape index (κ2) is 7.11. The fraction of sp³-hybridized carbons (Fsp3) is 0.267. The second-order valence-electron chi connectivity index (χ2n) is 5.45. The van der Waals surface area contributed by atoms with Gasteiger partial charge in [-0.25, -0.2) is 4.79 Å². The summed E-state index contributed by atoms with van der Waals surface area (Å²) >= 11 is 11.7. The molecule has 1 aromatic heterocycles. The Morgan fingerprint density at radius 3 is 2.67 bits per heavy atom. The molecule has 0 aliphatic heterocycles. The van der Waals surface area contributed by atoms with Crippen molar-refractivity contribution in [3.63, 3.8) is 0 Å². The van der Waals surface area contributed by atoms with Gasteiger partial charge in [0.15, 0.2) is 12.1 Å². The number of nitrogens with zero attached hydrogens (tertiary/aromatic N) is 2. The van der Waals surface area contributed by atoms with E-state index in [-0.39, 0.29) is 6.61 Å². The van der Waals surface area contributed by atoms with Crippen LogP contribution in [0.2, 0.25) is 10.0 Å². The average Bonchev–Trinajstić information content (AvgIpc) is 2.97. The summed E-state index contributed by atoms with van der Waals surface area (Å²) in [4.78, 5) is 23.1. The normalized spacial score (nSPS) is 11.2. The van der Waals surface area contributed by atoms with E-state index in [4.69, 9.17) is 33.0 Å². The van der Waals surface area contributed by atoms with Gasteiger partial charge in [-0.2, -0.15) is 5.10 Å². The van der Waals surface area contributed by atoms with Crippen LogP contribution in [0, 0.1) is 0 Å². The number of aromatic nitrogens is 2. The van der Waals surface area contributed by atoms with Crippen molar-refractivity contribution >= 4 is 40.8 Å². The smallest absolute Gasteiger partial charge is 0.331 e. The number of carbonyl (C=O) groups is 2. The standard InChI is InChI=1S/C15H15Cl2N3O4/c1-15(2,14(22)23)20-7-9(6-18-20)19-13(21)8-24-10-3-4-11(16)12(17)5-10/h3-7H,8H2,1-2H3,(H,19,21)(H,22,23).